The van der Waals surface area contributed by atoms with Gasteiger partial charge in [-0.15, -0.1) is 18.3 Å². The highest BCUT2D eigenvalue weighted by molar-refractivity contribution is 8.16. The van der Waals surface area contributed by atoms with Gasteiger partial charge in [-0.05, 0) is 85.9 Å². The molecule has 0 bridgehead atoms. The molecule has 2 amide bonds. The Hall–Kier alpha value is -4.58. The molecule has 1 N–H and O–H groups in total. The minimum Gasteiger partial charge on any atom is -0.406 e. The van der Waals surface area contributed by atoms with Crippen molar-refractivity contribution in [3.05, 3.63) is 100 Å². The van der Waals surface area contributed by atoms with E-state index in [2.05, 4.69) is 83.7 Å². The highest BCUT2D eigenvalue weighted by atomic mass is 32.2. The summed E-state index contributed by atoms with van der Waals surface area (Å²) in [6.07, 6.45) is -2.53. The Balaban J connectivity index is 1.16. The average Bonchev–Trinajstić information content (AvgIpc) is 3.47. The van der Waals surface area contributed by atoms with E-state index in [1.807, 2.05) is 29.7 Å². The number of allylic oxidation sites excluding steroid dienone is 1. The van der Waals surface area contributed by atoms with Crippen LogP contribution in [0.1, 0.15) is 43.0 Å². The van der Waals surface area contributed by atoms with Crippen molar-refractivity contribution in [1.82, 2.24) is 20.1 Å². The molecule has 3 aromatic carbocycles. The maximum atomic E-state index is 12.9. The molecule has 0 saturated heterocycles. The molecule has 0 unspecified atom stereocenters. The molecule has 1 aliphatic rings. The summed E-state index contributed by atoms with van der Waals surface area (Å²) in [6, 6.07) is 17.2. The van der Waals surface area contributed by atoms with E-state index in [1.54, 1.807) is 0 Å². The Morgan fingerprint density at radius 1 is 1.00 bits per heavy atom. The first-order valence-corrected chi connectivity index (χ1v) is 16.0. The van der Waals surface area contributed by atoms with Crippen molar-refractivity contribution in [3.63, 3.8) is 0 Å². The Bertz CT molecular complexity index is 1790. The number of aryl methyl sites for hydroxylation is 3. The van der Waals surface area contributed by atoms with E-state index in [0.29, 0.717) is 24.6 Å². The number of ether oxygens (including phenoxy) is 1. The number of benzene rings is 3. The number of hydrogen-bond donors (Lipinski definition) is 1. The van der Waals surface area contributed by atoms with E-state index >= 15 is 0 Å². The molecule has 0 atom stereocenters. The van der Waals surface area contributed by atoms with Crippen molar-refractivity contribution in [1.29, 1.82) is 0 Å². The zero-order chi connectivity index (χ0) is 33.9. The van der Waals surface area contributed by atoms with Crippen molar-refractivity contribution < 1.29 is 22.7 Å². The van der Waals surface area contributed by atoms with Crippen LogP contribution in [0.15, 0.2) is 83.1 Å². The van der Waals surface area contributed by atoms with Crippen LogP contribution in [0.25, 0.3) is 17.1 Å². The van der Waals surface area contributed by atoms with E-state index in [-0.39, 0.29) is 17.2 Å². The number of urea groups is 1. The summed E-state index contributed by atoms with van der Waals surface area (Å²) in [5.41, 5.74) is 8.08. The van der Waals surface area contributed by atoms with Gasteiger partial charge < -0.3 is 15.0 Å². The van der Waals surface area contributed by atoms with Gasteiger partial charge in [-0.25, -0.2) is 14.5 Å². The van der Waals surface area contributed by atoms with Crippen molar-refractivity contribution in [2.75, 3.05) is 18.0 Å². The predicted octanol–water partition coefficient (Wildman–Crippen LogP) is 8.55. The third-order valence-corrected chi connectivity index (χ3v) is 8.61. The number of hydrogen-bond acceptors (Lipinski definition) is 6. The monoisotopic (exact) mass is 662 g/mol. The summed E-state index contributed by atoms with van der Waals surface area (Å²) in [4.78, 5) is 23.8. The standard InChI is InChI=1S/C35H37F3N6O2S/c1-22-15-23(2)31(24(3)16-22)43-18-30(47-19-25(43)4)41-33(45)39-20-34(5,6)17-26-7-9-27(10-8-26)32-40-21-44(42-32)28-11-13-29(14-12-28)46-35(36,37)38/h7-16,19,21H,17-18,20H2,1-6H3,(H,39,45)/b41-30-. The number of halogens is 3. The molecule has 1 aliphatic heterocycles. The molecule has 12 heteroatoms. The maximum Gasteiger partial charge on any atom is 0.573 e. The first-order valence-electron chi connectivity index (χ1n) is 15.1. The Labute approximate surface area is 276 Å². The molecule has 246 valence electrons. The van der Waals surface area contributed by atoms with Crippen molar-refractivity contribution >= 4 is 28.5 Å². The smallest absolute Gasteiger partial charge is 0.406 e. The van der Waals surface area contributed by atoms with Gasteiger partial charge in [-0.2, -0.15) is 4.99 Å². The quantitative estimate of drug-likeness (QED) is 0.204. The molecule has 0 spiro atoms. The SMILES string of the molecule is CC1=CS/C(=N\C(=O)NCC(C)(C)Cc2ccc(-c3ncn(-c4ccc(OC(F)(F)F)cc4)n3)cc2)CN1c1c(C)cc(C)cc1C. The van der Waals surface area contributed by atoms with Crippen LogP contribution in [-0.4, -0.2) is 45.3 Å². The summed E-state index contributed by atoms with van der Waals surface area (Å²) >= 11 is 1.48. The number of carbonyl (C=O) groups excluding carboxylic acids is 1. The first-order chi connectivity index (χ1) is 22.2. The number of carbonyl (C=O) groups is 1. The molecule has 0 fully saturated rings. The summed E-state index contributed by atoms with van der Waals surface area (Å²) in [6.45, 7) is 13.6. The molecular weight excluding hydrogens is 625 g/mol. The highest BCUT2D eigenvalue weighted by Gasteiger charge is 2.31. The second-order valence-electron chi connectivity index (χ2n) is 12.5. The van der Waals surface area contributed by atoms with Gasteiger partial charge in [0.2, 0.25) is 0 Å². The zero-order valence-electron chi connectivity index (χ0n) is 27.1. The third kappa shape index (κ3) is 8.82. The zero-order valence-corrected chi connectivity index (χ0v) is 28.0. The number of anilines is 1. The molecule has 5 rings (SSSR count). The highest BCUT2D eigenvalue weighted by Crippen LogP contribution is 2.33. The summed E-state index contributed by atoms with van der Waals surface area (Å²) in [7, 11) is 0. The van der Waals surface area contributed by atoms with E-state index < -0.39 is 6.36 Å². The molecule has 4 aromatic rings. The molecule has 1 aromatic heterocycles. The van der Waals surface area contributed by atoms with E-state index in [0.717, 1.165) is 34.0 Å². The van der Waals surface area contributed by atoms with Crippen LogP contribution in [0, 0.1) is 26.2 Å². The lowest BCUT2D eigenvalue weighted by atomic mass is 9.85. The minimum absolute atomic E-state index is 0.239. The molecule has 2 heterocycles. The van der Waals surface area contributed by atoms with E-state index in [1.165, 1.54) is 63.7 Å². The minimum atomic E-state index is -4.75. The first kappa shape index (κ1) is 33.8. The third-order valence-electron chi connectivity index (χ3n) is 7.66. The second-order valence-corrected chi connectivity index (χ2v) is 13.4. The van der Waals surface area contributed by atoms with Gasteiger partial charge in [0.25, 0.3) is 0 Å². The van der Waals surface area contributed by atoms with Crippen LogP contribution in [-0.2, 0) is 6.42 Å². The molecule has 0 radical (unpaired) electrons. The van der Waals surface area contributed by atoms with Crippen molar-refractivity contribution in [2.24, 2.45) is 10.4 Å². The molecule has 47 heavy (non-hydrogen) atoms. The summed E-state index contributed by atoms with van der Waals surface area (Å²) in [5, 5.41) is 10.2. The van der Waals surface area contributed by atoms with Crippen LogP contribution >= 0.6 is 11.8 Å². The fraction of sp³-hybridized carbons (Fsp3) is 0.314. The van der Waals surface area contributed by atoms with E-state index in [9.17, 15) is 18.0 Å². The Morgan fingerprint density at radius 3 is 2.30 bits per heavy atom. The number of thioether (sulfide) groups is 1. The summed E-state index contributed by atoms with van der Waals surface area (Å²) < 4.78 is 42.7. The van der Waals surface area contributed by atoms with Crippen molar-refractivity contribution in [2.45, 2.75) is 54.3 Å². The van der Waals surface area contributed by atoms with Crippen LogP contribution in [0.2, 0.25) is 0 Å². The van der Waals surface area contributed by atoms with Crippen LogP contribution in [0.4, 0.5) is 23.7 Å². The van der Waals surface area contributed by atoms with Gasteiger partial charge >= 0.3 is 12.4 Å². The molecule has 0 saturated carbocycles. The van der Waals surface area contributed by atoms with Gasteiger partial charge in [-0.3, -0.25) is 0 Å². The number of nitrogens with zero attached hydrogens (tertiary/aromatic N) is 5. The second kappa shape index (κ2) is 13.6. The van der Waals surface area contributed by atoms with Crippen LogP contribution < -0.4 is 15.0 Å². The number of aliphatic imine (C=N–C) groups is 1. The fourth-order valence-corrected chi connectivity index (χ4v) is 6.38. The Kier molecular flexibility index (Phi) is 9.81. The van der Waals surface area contributed by atoms with Gasteiger partial charge in [0, 0.05) is 23.5 Å². The lowest BCUT2D eigenvalue weighted by Gasteiger charge is -2.32. The Morgan fingerprint density at radius 2 is 1.66 bits per heavy atom. The summed E-state index contributed by atoms with van der Waals surface area (Å²) in [5.74, 6) is 0.175. The lowest BCUT2D eigenvalue weighted by molar-refractivity contribution is -0.274. The number of nitrogens with one attached hydrogen (secondary N) is 1. The topological polar surface area (TPSA) is 84.6 Å². The predicted molar refractivity (Wildman–Crippen MR) is 181 cm³/mol. The molecule has 8 nitrogen and oxygen atoms in total. The van der Waals surface area contributed by atoms with Crippen LogP contribution in [0.3, 0.4) is 0 Å². The largest absolute Gasteiger partial charge is 0.573 e. The fourth-order valence-electron chi connectivity index (χ4n) is 5.60. The lowest BCUT2D eigenvalue weighted by Crippen LogP contribution is -2.35. The van der Waals surface area contributed by atoms with Gasteiger partial charge in [-0.1, -0.05) is 67.6 Å². The number of aromatic nitrogens is 3. The number of rotatable bonds is 8. The molecular formula is C35H37F3N6O2S. The normalized spacial score (nSPS) is 14.7. The van der Waals surface area contributed by atoms with Gasteiger partial charge in [0.05, 0.1) is 12.2 Å². The maximum absolute atomic E-state index is 12.9. The number of alkyl halides is 3. The average molecular weight is 663 g/mol. The molecule has 0 aliphatic carbocycles. The number of amides is 2. The van der Waals surface area contributed by atoms with Gasteiger partial charge in [0.15, 0.2) is 5.82 Å². The van der Waals surface area contributed by atoms with Crippen LogP contribution in [0.5, 0.6) is 5.75 Å². The van der Waals surface area contributed by atoms with Crippen molar-refractivity contribution in [3.8, 4) is 22.8 Å². The van der Waals surface area contributed by atoms with Gasteiger partial charge in [0.1, 0.15) is 17.1 Å². The van der Waals surface area contributed by atoms with E-state index in [4.69, 9.17) is 0 Å².